The minimum absolute atomic E-state index is 0.237. The maximum absolute atomic E-state index is 5.98. The molecule has 0 fully saturated rings. The molecule has 1 unspecified atom stereocenters. The molecule has 2 aromatic rings. The van der Waals surface area contributed by atoms with Gasteiger partial charge in [-0.25, -0.2) is 0 Å². The van der Waals surface area contributed by atoms with Crippen molar-refractivity contribution in [1.29, 1.82) is 0 Å². The van der Waals surface area contributed by atoms with Crippen molar-refractivity contribution in [3.05, 3.63) is 43.9 Å². The van der Waals surface area contributed by atoms with Gasteiger partial charge in [0, 0.05) is 9.35 Å². The van der Waals surface area contributed by atoms with Crippen LogP contribution in [0.2, 0.25) is 4.34 Å². The normalized spacial score (nSPS) is 13.1. The second-order valence-electron chi connectivity index (χ2n) is 2.76. The second-order valence-corrected chi connectivity index (χ2v) is 5.30. The molecule has 0 aliphatic rings. The summed E-state index contributed by atoms with van der Waals surface area (Å²) in [5, 5.41) is 0. The Kier molecular flexibility index (Phi) is 2.97. The average Bonchev–Trinajstić information content (AvgIpc) is 2.76. The van der Waals surface area contributed by atoms with Gasteiger partial charge in [-0.2, -0.15) is 0 Å². The van der Waals surface area contributed by atoms with E-state index in [1.54, 1.807) is 6.26 Å². The van der Waals surface area contributed by atoms with E-state index in [0.717, 1.165) is 15.1 Å². The second kappa shape index (κ2) is 4.06. The highest BCUT2D eigenvalue weighted by Gasteiger charge is 2.15. The summed E-state index contributed by atoms with van der Waals surface area (Å²) in [6, 6.07) is 5.35. The van der Waals surface area contributed by atoms with Crippen LogP contribution in [-0.4, -0.2) is 0 Å². The van der Waals surface area contributed by atoms with Crippen molar-refractivity contribution in [3.63, 3.8) is 0 Å². The first kappa shape index (κ1) is 10.2. The highest BCUT2D eigenvalue weighted by molar-refractivity contribution is 9.10. The standard InChI is InChI=1S/C9H7BrClNOS/c10-5-4-7(14-9(5)11)8(12)6-2-1-3-13-6/h1-4,8H,12H2. The van der Waals surface area contributed by atoms with Gasteiger partial charge in [0.25, 0.3) is 0 Å². The quantitative estimate of drug-likeness (QED) is 0.914. The van der Waals surface area contributed by atoms with Gasteiger partial charge < -0.3 is 10.2 Å². The molecular weight excluding hydrogens is 286 g/mol. The molecule has 0 aromatic carbocycles. The topological polar surface area (TPSA) is 39.2 Å². The predicted molar refractivity (Wildman–Crippen MR) is 61.8 cm³/mol. The molecule has 2 heterocycles. The molecule has 0 aliphatic carbocycles. The molecule has 1 atom stereocenters. The summed E-state index contributed by atoms with van der Waals surface area (Å²) in [5.41, 5.74) is 5.98. The fraction of sp³-hybridized carbons (Fsp3) is 0.111. The Balaban J connectivity index is 2.32. The number of furan rings is 1. The molecule has 2 aromatic heterocycles. The van der Waals surface area contributed by atoms with Crippen LogP contribution in [0.15, 0.2) is 33.4 Å². The third-order valence-corrected chi connectivity index (χ3v) is 4.38. The van der Waals surface area contributed by atoms with Crippen LogP contribution >= 0.6 is 38.9 Å². The van der Waals surface area contributed by atoms with Crippen LogP contribution in [0, 0.1) is 0 Å². The van der Waals surface area contributed by atoms with Crippen LogP contribution in [-0.2, 0) is 0 Å². The SMILES string of the molecule is NC(c1ccco1)c1cc(Br)c(Cl)s1. The molecule has 5 heteroatoms. The predicted octanol–water partition coefficient (Wildman–Crippen LogP) is 3.81. The van der Waals surface area contributed by atoms with Crippen LogP contribution in [0.1, 0.15) is 16.7 Å². The van der Waals surface area contributed by atoms with Crippen molar-refractivity contribution < 1.29 is 4.42 Å². The van der Waals surface area contributed by atoms with Gasteiger partial charge in [0.15, 0.2) is 0 Å². The zero-order valence-corrected chi connectivity index (χ0v) is 10.2. The Hall–Kier alpha value is -0.290. The van der Waals surface area contributed by atoms with E-state index in [1.807, 2.05) is 18.2 Å². The summed E-state index contributed by atoms with van der Waals surface area (Å²) in [6.07, 6.45) is 1.61. The highest BCUT2D eigenvalue weighted by atomic mass is 79.9. The summed E-state index contributed by atoms with van der Waals surface area (Å²) < 4.78 is 6.81. The molecule has 2 rings (SSSR count). The number of rotatable bonds is 2. The molecule has 14 heavy (non-hydrogen) atoms. The van der Waals surface area contributed by atoms with Gasteiger partial charge in [-0.1, -0.05) is 11.6 Å². The van der Waals surface area contributed by atoms with Crippen molar-refractivity contribution in [1.82, 2.24) is 0 Å². The maximum Gasteiger partial charge on any atom is 0.125 e. The summed E-state index contributed by atoms with van der Waals surface area (Å²) in [4.78, 5) is 0.983. The molecule has 0 radical (unpaired) electrons. The Morgan fingerprint density at radius 3 is 2.86 bits per heavy atom. The smallest absolute Gasteiger partial charge is 0.125 e. The van der Waals surface area contributed by atoms with Crippen molar-refractivity contribution in [2.24, 2.45) is 5.73 Å². The van der Waals surface area contributed by atoms with Gasteiger partial charge in [-0.05, 0) is 34.1 Å². The number of hydrogen-bond donors (Lipinski definition) is 1. The van der Waals surface area contributed by atoms with Gasteiger partial charge in [0.05, 0.1) is 12.3 Å². The lowest BCUT2D eigenvalue weighted by atomic mass is 10.2. The van der Waals surface area contributed by atoms with Crippen molar-refractivity contribution in [2.45, 2.75) is 6.04 Å². The molecule has 0 saturated heterocycles. The number of thiophene rings is 1. The lowest BCUT2D eigenvalue weighted by molar-refractivity contribution is 0.492. The van der Waals surface area contributed by atoms with Crippen LogP contribution in [0.25, 0.3) is 0 Å². The largest absolute Gasteiger partial charge is 0.467 e. The molecule has 0 aliphatic heterocycles. The summed E-state index contributed by atoms with van der Waals surface area (Å²) >= 11 is 10.7. The molecule has 0 bridgehead atoms. The van der Waals surface area contributed by atoms with E-state index in [-0.39, 0.29) is 6.04 Å². The van der Waals surface area contributed by atoms with E-state index in [9.17, 15) is 0 Å². The Bertz CT molecular complexity index is 406. The summed E-state index contributed by atoms with van der Waals surface area (Å²) in [6.45, 7) is 0. The monoisotopic (exact) mass is 291 g/mol. The zero-order valence-electron chi connectivity index (χ0n) is 7.04. The molecule has 2 N–H and O–H groups in total. The summed E-state index contributed by atoms with van der Waals surface area (Å²) in [7, 11) is 0. The molecule has 0 saturated carbocycles. The van der Waals surface area contributed by atoms with Gasteiger partial charge in [0.1, 0.15) is 10.1 Å². The van der Waals surface area contributed by atoms with Gasteiger partial charge in [-0.3, -0.25) is 0 Å². The molecule has 0 spiro atoms. The number of hydrogen-bond acceptors (Lipinski definition) is 3. The van der Waals surface area contributed by atoms with E-state index in [0.29, 0.717) is 4.34 Å². The van der Waals surface area contributed by atoms with Gasteiger partial charge >= 0.3 is 0 Å². The Labute approximate surface area is 98.8 Å². The van der Waals surface area contributed by atoms with Crippen molar-refractivity contribution in [3.8, 4) is 0 Å². The lowest BCUT2D eigenvalue weighted by Crippen LogP contribution is -2.08. The lowest BCUT2D eigenvalue weighted by Gasteiger charge is -2.04. The molecule has 0 amide bonds. The minimum atomic E-state index is -0.237. The van der Waals surface area contributed by atoms with Crippen molar-refractivity contribution >= 4 is 38.9 Å². The van der Waals surface area contributed by atoms with E-state index < -0.39 is 0 Å². The fourth-order valence-corrected chi connectivity index (χ4v) is 2.87. The minimum Gasteiger partial charge on any atom is -0.467 e. The van der Waals surface area contributed by atoms with E-state index in [4.69, 9.17) is 21.8 Å². The van der Waals surface area contributed by atoms with E-state index in [1.165, 1.54) is 11.3 Å². The van der Waals surface area contributed by atoms with Crippen LogP contribution < -0.4 is 5.73 Å². The zero-order chi connectivity index (χ0) is 10.1. The first-order valence-electron chi connectivity index (χ1n) is 3.92. The van der Waals surface area contributed by atoms with Crippen LogP contribution in [0.3, 0.4) is 0 Å². The summed E-state index contributed by atoms with van der Waals surface area (Å²) in [5.74, 6) is 0.746. The van der Waals surface area contributed by atoms with Crippen LogP contribution in [0.5, 0.6) is 0 Å². The fourth-order valence-electron chi connectivity index (χ4n) is 1.13. The van der Waals surface area contributed by atoms with Crippen LogP contribution in [0.4, 0.5) is 0 Å². The Morgan fingerprint density at radius 1 is 1.57 bits per heavy atom. The molecule has 74 valence electrons. The first-order valence-corrected chi connectivity index (χ1v) is 5.91. The molecular formula is C9H7BrClNOS. The highest BCUT2D eigenvalue weighted by Crippen LogP contribution is 2.36. The average molecular weight is 293 g/mol. The van der Waals surface area contributed by atoms with Crippen molar-refractivity contribution in [2.75, 3.05) is 0 Å². The number of nitrogens with two attached hydrogens (primary N) is 1. The van der Waals surface area contributed by atoms with Gasteiger partial charge in [0.2, 0.25) is 0 Å². The van der Waals surface area contributed by atoms with Gasteiger partial charge in [-0.15, -0.1) is 11.3 Å². The van der Waals surface area contributed by atoms with E-state index in [2.05, 4.69) is 15.9 Å². The first-order chi connectivity index (χ1) is 6.68. The maximum atomic E-state index is 5.98. The number of halogens is 2. The third-order valence-electron chi connectivity index (χ3n) is 1.82. The van der Waals surface area contributed by atoms with E-state index >= 15 is 0 Å². The Morgan fingerprint density at radius 2 is 2.36 bits per heavy atom. The molecule has 2 nitrogen and oxygen atoms in total. The third kappa shape index (κ3) is 1.88.